The molecule has 0 aliphatic rings. The van der Waals surface area contributed by atoms with Crippen LogP contribution in [0.3, 0.4) is 0 Å². The molecule has 0 radical (unpaired) electrons. The van der Waals surface area contributed by atoms with E-state index in [0.29, 0.717) is 11.3 Å². The molecule has 130 valence electrons. The molecule has 0 aliphatic carbocycles. The van der Waals surface area contributed by atoms with Gasteiger partial charge in [-0.1, -0.05) is 48.6 Å². The molecule has 27 heavy (non-hydrogen) atoms. The number of methoxy groups -OCH3 is 1. The molecule has 0 spiro atoms. The van der Waals surface area contributed by atoms with Crippen LogP contribution in [-0.4, -0.2) is 17.1 Å². The van der Waals surface area contributed by atoms with Crippen molar-refractivity contribution in [3.63, 3.8) is 0 Å². The summed E-state index contributed by atoms with van der Waals surface area (Å²) in [7, 11) is 1.57. The summed E-state index contributed by atoms with van der Waals surface area (Å²) in [6, 6.07) is 23.8. The zero-order valence-electron chi connectivity index (χ0n) is 14.8. The van der Waals surface area contributed by atoms with Crippen LogP contribution in [0.25, 0.3) is 34.6 Å². The third-order valence-corrected chi connectivity index (χ3v) is 4.36. The molecule has 0 amide bonds. The van der Waals surface area contributed by atoms with E-state index in [1.165, 1.54) is 0 Å². The fourth-order valence-electron chi connectivity index (χ4n) is 2.98. The molecule has 0 aliphatic heterocycles. The van der Waals surface area contributed by atoms with E-state index >= 15 is 0 Å². The highest BCUT2D eigenvalue weighted by molar-refractivity contribution is 5.80. The Bertz CT molecular complexity index is 1150. The number of aromatic amines is 1. The summed E-state index contributed by atoms with van der Waals surface area (Å²) in [5.74, 6) is 1.43. The third kappa shape index (κ3) is 3.44. The summed E-state index contributed by atoms with van der Waals surface area (Å²) in [6.45, 7) is 0. The average molecular weight is 351 g/mol. The van der Waals surface area contributed by atoms with Gasteiger partial charge in [0.1, 0.15) is 17.6 Å². The molecular weight excluding hydrogens is 334 g/mol. The minimum atomic E-state index is 0.529. The lowest BCUT2D eigenvalue weighted by molar-refractivity contribution is 0.413. The highest BCUT2D eigenvalue weighted by Gasteiger charge is 2.05. The Balaban J connectivity index is 1.63. The zero-order valence-corrected chi connectivity index (χ0v) is 14.8. The van der Waals surface area contributed by atoms with Gasteiger partial charge in [0.25, 0.3) is 0 Å². The quantitative estimate of drug-likeness (QED) is 0.509. The summed E-state index contributed by atoms with van der Waals surface area (Å²) in [5, 5.41) is 9.08. The molecular formula is C23H17N3O. The smallest absolute Gasteiger partial charge is 0.138 e. The number of para-hydroxylation sites is 2. The lowest BCUT2D eigenvalue weighted by Gasteiger charge is -2.03. The van der Waals surface area contributed by atoms with Crippen molar-refractivity contribution in [2.45, 2.75) is 0 Å². The Kier molecular flexibility index (Phi) is 4.42. The van der Waals surface area contributed by atoms with Crippen LogP contribution < -0.4 is 4.74 Å². The summed E-state index contributed by atoms with van der Waals surface area (Å²) in [5.41, 5.74) is 5.58. The number of imidazole rings is 1. The van der Waals surface area contributed by atoms with Gasteiger partial charge in [-0.15, -0.1) is 0 Å². The molecule has 0 saturated heterocycles. The van der Waals surface area contributed by atoms with Crippen LogP contribution in [0.4, 0.5) is 0 Å². The number of H-pyrrole nitrogens is 1. The number of hydrogen-bond acceptors (Lipinski definition) is 3. The maximum absolute atomic E-state index is 9.08. The van der Waals surface area contributed by atoms with Crippen molar-refractivity contribution < 1.29 is 4.74 Å². The van der Waals surface area contributed by atoms with E-state index in [0.717, 1.165) is 33.5 Å². The molecule has 1 N–H and O–H groups in total. The minimum Gasteiger partial charge on any atom is -0.495 e. The Morgan fingerprint density at radius 2 is 1.78 bits per heavy atom. The van der Waals surface area contributed by atoms with E-state index in [9.17, 15) is 0 Å². The van der Waals surface area contributed by atoms with Gasteiger partial charge in [0.05, 0.1) is 23.7 Å². The minimum absolute atomic E-state index is 0.529. The van der Waals surface area contributed by atoms with Crippen molar-refractivity contribution >= 4 is 23.2 Å². The lowest BCUT2D eigenvalue weighted by Crippen LogP contribution is -1.88. The van der Waals surface area contributed by atoms with Crippen molar-refractivity contribution in [3.05, 3.63) is 83.4 Å². The zero-order chi connectivity index (χ0) is 18.6. The van der Waals surface area contributed by atoms with Gasteiger partial charge in [0, 0.05) is 5.56 Å². The van der Waals surface area contributed by atoms with Crippen LogP contribution in [0, 0.1) is 11.3 Å². The summed E-state index contributed by atoms with van der Waals surface area (Å²) in [4.78, 5) is 8.02. The topological polar surface area (TPSA) is 61.7 Å². The van der Waals surface area contributed by atoms with Gasteiger partial charge >= 0.3 is 0 Å². The standard InChI is InChI=1S/C23H17N3O/c1-27-22-14-17(11-12-19(22)15-24)10-9-16-5-4-6-18(13-16)23-25-20-7-2-3-8-21(20)26-23/h2-14H,1H3,(H,25,26)/b10-9+. The van der Waals surface area contributed by atoms with Crippen LogP contribution in [0.5, 0.6) is 5.75 Å². The van der Waals surface area contributed by atoms with Crippen LogP contribution in [0.1, 0.15) is 16.7 Å². The van der Waals surface area contributed by atoms with Crippen molar-refractivity contribution in [1.29, 1.82) is 5.26 Å². The van der Waals surface area contributed by atoms with E-state index in [4.69, 9.17) is 10.00 Å². The van der Waals surface area contributed by atoms with Gasteiger partial charge in [-0.25, -0.2) is 4.98 Å². The van der Waals surface area contributed by atoms with Crippen molar-refractivity contribution in [1.82, 2.24) is 9.97 Å². The van der Waals surface area contributed by atoms with Gasteiger partial charge in [-0.2, -0.15) is 5.26 Å². The fraction of sp³-hybridized carbons (Fsp3) is 0.0435. The molecule has 0 unspecified atom stereocenters. The first kappa shape index (κ1) is 16.6. The second-order valence-corrected chi connectivity index (χ2v) is 6.13. The highest BCUT2D eigenvalue weighted by Crippen LogP contribution is 2.23. The van der Waals surface area contributed by atoms with E-state index < -0.39 is 0 Å². The largest absolute Gasteiger partial charge is 0.495 e. The van der Waals surface area contributed by atoms with Crippen LogP contribution in [-0.2, 0) is 0 Å². The molecule has 0 bridgehead atoms. The van der Waals surface area contributed by atoms with E-state index in [-0.39, 0.29) is 0 Å². The predicted molar refractivity (Wildman–Crippen MR) is 108 cm³/mol. The highest BCUT2D eigenvalue weighted by atomic mass is 16.5. The number of nitriles is 1. The molecule has 3 aromatic carbocycles. The maximum Gasteiger partial charge on any atom is 0.138 e. The fourth-order valence-corrected chi connectivity index (χ4v) is 2.98. The van der Waals surface area contributed by atoms with E-state index in [1.54, 1.807) is 13.2 Å². The SMILES string of the molecule is COc1cc(/C=C/c2cccc(-c3nc4ccccc4[nH]3)c2)ccc1C#N. The van der Waals surface area contributed by atoms with Gasteiger partial charge in [-0.05, 0) is 41.5 Å². The maximum atomic E-state index is 9.08. The van der Waals surface area contributed by atoms with Crippen LogP contribution in [0.2, 0.25) is 0 Å². The molecule has 4 heteroatoms. The summed E-state index contributed by atoms with van der Waals surface area (Å²) in [6.07, 6.45) is 4.04. The molecule has 0 fully saturated rings. The molecule has 4 aromatic rings. The molecule has 4 nitrogen and oxygen atoms in total. The lowest BCUT2D eigenvalue weighted by atomic mass is 10.1. The first-order valence-electron chi connectivity index (χ1n) is 8.58. The number of aromatic nitrogens is 2. The Labute approximate surface area is 157 Å². The van der Waals surface area contributed by atoms with E-state index in [1.807, 2.05) is 66.7 Å². The Hall–Kier alpha value is -3.84. The molecule has 0 atom stereocenters. The second-order valence-electron chi connectivity index (χ2n) is 6.13. The molecule has 0 saturated carbocycles. The molecule has 4 rings (SSSR count). The molecule has 1 heterocycles. The second kappa shape index (κ2) is 7.19. The first-order chi connectivity index (χ1) is 13.3. The summed E-state index contributed by atoms with van der Waals surface area (Å²) >= 11 is 0. The number of nitrogens with one attached hydrogen (secondary N) is 1. The first-order valence-corrected chi connectivity index (χ1v) is 8.58. The normalized spacial score (nSPS) is 11.0. The van der Waals surface area contributed by atoms with Gasteiger partial charge in [-0.3, -0.25) is 0 Å². The number of rotatable bonds is 4. The summed E-state index contributed by atoms with van der Waals surface area (Å²) < 4.78 is 5.27. The molecule has 1 aromatic heterocycles. The number of nitrogens with zero attached hydrogens (tertiary/aromatic N) is 2. The van der Waals surface area contributed by atoms with Crippen LogP contribution in [0.15, 0.2) is 66.7 Å². The van der Waals surface area contributed by atoms with Gasteiger partial charge in [0.15, 0.2) is 0 Å². The van der Waals surface area contributed by atoms with Crippen molar-refractivity contribution in [3.8, 4) is 23.2 Å². The van der Waals surface area contributed by atoms with E-state index in [2.05, 4.69) is 22.1 Å². The number of benzene rings is 3. The predicted octanol–water partition coefficient (Wildman–Crippen LogP) is 5.28. The number of fused-ring (bicyclic) bond motifs is 1. The van der Waals surface area contributed by atoms with Crippen molar-refractivity contribution in [2.75, 3.05) is 7.11 Å². The third-order valence-electron chi connectivity index (χ3n) is 4.36. The Morgan fingerprint density at radius 3 is 2.56 bits per heavy atom. The van der Waals surface area contributed by atoms with Gasteiger partial charge in [0.2, 0.25) is 0 Å². The van der Waals surface area contributed by atoms with Gasteiger partial charge < -0.3 is 9.72 Å². The average Bonchev–Trinajstić information content (AvgIpc) is 3.16. The number of hydrogen-bond donors (Lipinski definition) is 1. The van der Waals surface area contributed by atoms with Crippen LogP contribution >= 0.6 is 0 Å². The Morgan fingerprint density at radius 1 is 0.963 bits per heavy atom. The number of ether oxygens (including phenoxy) is 1. The monoisotopic (exact) mass is 351 g/mol. The van der Waals surface area contributed by atoms with Crippen molar-refractivity contribution in [2.24, 2.45) is 0 Å².